The number of carbonyl (C=O) groups is 4. The van der Waals surface area contributed by atoms with Crippen LogP contribution in [0.25, 0.3) is 0 Å². The van der Waals surface area contributed by atoms with Gasteiger partial charge in [0.25, 0.3) is 5.91 Å². The first kappa shape index (κ1) is 21.3. The Bertz CT molecular complexity index is 1030. The smallest absolute Gasteiger partial charge is 0.337 e. The van der Waals surface area contributed by atoms with Crippen molar-refractivity contribution < 1.29 is 33.1 Å². The van der Waals surface area contributed by atoms with Crippen LogP contribution in [0.3, 0.4) is 0 Å². The van der Waals surface area contributed by atoms with Crippen LogP contribution < -0.4 is 5.32 Å². The SMILES string of the molecule is COC(=O)c1cc(NC(=O)c2oc3c(c2C)C(=O)CC(C)(C)C3)cc(C(=O)OC)c1. The Kier molecular flexibility index (Phi) is 5.52. The second-order valence-electron chi connectivity index (χ2n) is 8.03. The summed E-state index contributed by atoms with van der Waals surface area (Å²) in [6, 6.07) is 4.07. The second kappa shape index (κ2) is 7.78. The van der Waals surface area contributed by atoms with E-state index in [-0.39, 0.29) is 33.8 Å². The molecule has 1 aromatic carbocycles. The quantitative estimate of drug-likeness (QED) is 0.763. The Balaban J connectivity index is 1.96. The van der Waals surface area contributed by atoms with Gasteiger partial charge >= 0.3 is 11.9 Å². The number of fused-ring (bicyclic) bond motifs is 1. The molecule has 1 amide bonds. The lowest BCUT2D eigenvalue weighted by atomic mass is 9.76. The Labute approximate surface area is 173 Å². The summed E-state index contributed by atoms with van der Waals surface area (Å²) < 4.78 is 15.1. The van der Waals surface area contributed by atoms with Crippen molar-refractivity contribution >= 4 is 29.3 Å². The highest BCUT2D eigenvalue weighted by Gasteiger charge is 2.37. The fourth-order valence-corrected chi connectivity index (χ4v) is 3.66. The van der Waals surface area contributed by atoms with E-state index in [1.54, 1.807) is 6.92 Å². The van der Waals surface area contributed by atoms with Crippen LogP contribution in [0.5, 0.6) is 0 Å². The highest BCUT2D eigenvalue weighted by Crippen LogP contribution is 2.38. The third-order valence-corrected chi connectivity index (χ3v) is 5.02. The maximum absolute atomic E-state index is 12.9. The number of methoxy groups -OCH3 is 2. The number of esters is 2. The van der Waals surface area contributed by atoms with Gasteiger partial charge in [-0.05, 0) is 30.5 Å². The van der Waals surface area contributed by atoms with Crippen LogP contribution >= 0.6 is 0 Å². The zero-order valence-corrected chi connectivity index (χ0v) is 17.5. The molecule has 1 aliphatic carbocycles. The number of rotatable bonds is 4. The number of ketones is 1. The molecule has 0 unspecified atom stereocenters. The van der Waals surface area contributed by atoms with E-state index in [4.69, 9.17) is 13.9 Å². The number of ether oxygens (including phenoxy) is 2. The number of anilines is 1. The molecule has 1 heterocycles. The monoisotopic (exact) mass is 413 g/mol. The standard InChI is InChI=1S/C22H23NO7/c1-11-17-15(24)9-22(2,3)10-16(17)30-18(11)19(25)23-14-7-12(20(26)28-4)6-13(8-14)21(27)29-5/h6-8H,9-10H2,1-5H3,(H,23,25). The van der Waals surface area contributed by atoms with Crippen LogP contribution in [0.2, 0.25) is 0 Å². The molecule has 1 aliphatic rings. The van der Waals surface area contributed by atoms with Gasteiger partial charge in [-0.15, -0.1) is 0 Å². The van der Waals surface area contributed by atoms with Crippen molar-refractivity contribution in [1.82, 2.24) is 0 Å². The zero-order chi connectivity index (χ0) is 22.2. The lowest BCUT2D eigenvalue weighted by Gasteiger charge is -2.27. The molecule has 0 atom stereocenters. The number of carbonyl (C=O) groups excluding carboxylic acids is 4. The molecule has 3 rings (SSSR count). The molecular weight excluding hydrogens is 390 g/mol. The van der Waals surface area contributed by atoms with Gasteiger partial charge < -0.3 is 19.2 Å². The van der Waals surface area contributed by atoms with Crippen molar-refractivity contribution in [2.24, 2.45) is 5.41 Å². The average molecular weight is 413 g/mol. The molecule has 30 heavy (non-hydrogen) atoms. The van der Waals surface area contributed by atoms with Gasteiger partial charge in [0.15, 0.2) is 11.5 Å². The van der Waals surface area contributed by atoms with Gasteiger partial charge in [-0.3, -0.25) is 9.59 Å². The number of hydrogen-bond donors (Lipinski definition) is 1. The van der Waals surface area contributed by atoms with Gasteiger partial charge in [-0.2, -0.15) is 0 Å². The lowest BCUT2D eigenvalue weighted by molar-refractivity contribution is 0.0598. The number of Topliss-reactive ketones (excluding diaryl/α,β-unsaturated/α-hetero) is 1. The molecule has 1 N–H and O–H groups in total. The second-order valence-corrected chi connectivity index (χ2v) is 8.03. The first-order valence-electron chi connectivity index (χ1n) is 9.35. The molecular formula is C22H23NO7. The fraction of sp³-hybridized carbons (Fsp3) is 0.364. The maximum atomic E-state index is 12.9. The predicted molar refractivity (Wildman–Crippen MR) is 107 cm³/mol. The molecule has 158 valence electrons. The van der Waals surface area contributed by atoms with Crippen molar-refractivity contribution in [3.8, 4) is 0 Å². The predicted octanol–water partition coefficient (Wildman–Crippen LogP) is 3.57. The molecule has 0 bridgehead atoms. The van der Waals surface area contributed by atoms with Crippen LogP contribution in [0.4, 0.5) is 5.69 Å². The summed E-state index contributed by atoms with van der Waals surface area (Å²) in [6.07, 6.45) is 0.928. The maximum Gasteiger partial charge on any atom is 0.337 e. The molecule has 0 fully saturated rings. The summed E-state index contributed by atoms with van der Waals surface area (Å²) >= 11 is 0. The number of amides is 1. The average Bonchev–Trinajstić information content (AvgIpc) is 3.01. The van der Waals surface area contributed by atoms with E-state index in [9.17, 15) is 19.2 Å². The first-order chi connectivity index (χ1) is 14.1. The molecule has 0 saturated carbocycles. The third-order valence-electron chi connectivity index (χ3n) is 5.02. The minimum absolute atomic E-state index is 0.0224. The zero-order valence-electron chi connectivity index (χ0n) is 17.5. The summed E-state index contributed by atoms with van der Waals surface area (Å²) in [7, 11) is 2.42. The number of furan rings is 1. The van der Waals surface area contributed by atoms with E-state index in [1.807, 2.05) is 13.8 Å². The summed E-state index contributed by atoms with van der Waals surface area (Å²) in [6.45, 7) is 5.61. The topological polar surface area (TPSA) is 112 Å². The summed E-state index contributed by atoms with van der Waals surface area (Å²) in [5.41, 5.74) is 1.01. The number of hydrogen-bond acceptors (Lipinski definition) is 7. The van der Waals surface area contributed by atoms with Gasteiger partial charge in [0, 0.05) is 24.1 Å². The largest absolute Gasteiger partial charge is 0.465 e. The van der Waals surface area contributed by atoms with Gasteiger partial charge in [0.2, 0.25) is 0 Å². The van der Waals surface area contributed by atoms with E-state index in [0.29, 0.717) is 29.7 Å². The van der Waals surface area contributed by atoms with Crippen molar-refractivity contribution in [2.45, 2.75) is 33.6 Å². The first-order valence-corrected chi connectivity index (χ1v) is 9.35. The molecule has 8 heteroatoms. The minimum Gasteiger partial charge on any atom is -0.465 e. The van der Waals surface area contributed by atoms with Gasteiger partial charge in [-0.1, -0.05) is 13.8 Å². The molecule has 1 aromatic heterocycles. The van der Waals surface area contributed by atoms with E-state index in [0.717, 1.165) is 0 Å². The van der Waals surface area contributed by atoms with Crippen molar-refractivity contribution in [3.63, 3.8) is 0 Å². The van der Waals surface area contributed by atoms with Crippen LogP contribution in [-0.4, -0.2) is 37.8 Å². The summed E-state index contributed by atoms with van der Waals surface area (Å²) in [5, 5.41) is 2.62. The molecule has 2 aromatic rings. The van der Waals surface area contributed by atoms with Gasteiger partial charge in [0.1, 0.15) is 5.76 Å². The van der Waals surface area contributed by atoms with Crippen LogP contribution in [0.15, 0.2) is 22.6 Å². The normalized spacial score (nSPS) is 14.6. The fourth-order valence-electron chi connectivity index (χ4n) is 3.66. The van der Waals surface area contributed by atoms with Crippen molar-refractivity contribution in [1.29, 1.82) is 0 Å². The Hall–Kier alpha value is -3.42. The lowest BCUT2D eigenvalue weighted by Crippen LogP contribution is -2.26. The number of benzene rings is 1. The minimum atomic E-state index is -0.672. The summed E-state index contributed by atoms with van der Waals surface area (Å²) in [4.78, 5) is 49.3. The molecule has 0 saturated heterocycles. The molecule has 0 aliphatic heterocycles. The van der Waals surface area contributed by atoms with E-state index < -0.39 is 17.8 Å². The van der Waals surface area contributed by atoms with Crippen molar-refractivity contribution in [2.75, 3.05) is 19.5 Å². The summed E-state index contributed by atoms with van der Waals surface area (Å²) in [5.74, 6) is -1.47. The Morgan fingerprint density at radius 2 is 1.57 bits per heavy atom. The van der Waals surface area contributed by atoms with E-state index in [2.05, 4.69) is 5.32 Å². The molecule has 0 radical (unpaired) electrons. The van der Waals surface area contributed by atoms with E-state index in [1.165, 1.54) is 32.4 Å². The third kappa shape index (κ3) is 3.98. The Morgan fingerprint density at radius 1 is 1.00 bits per heavy atom. The number of nitrogens with one attached hydrogen (secondary N) is 1. The van der Waals surface area contributed by atoms with Crippen LogP contribution in [0, 0.1) is 12.3 Å². The van der Waals surface area contributed by atoms with Crippen molar-refractivity contribution in [3.05, 3.63) is 52.0 Å². The van der Waals surface area contributed by atoms with Crippen LogP contribution in [-0.2, 0) is 15.9 Å². The van der Waals surface area contributed by atoms with Gasteiger partial charge in [0.05, 0.1) is 30.9 Å². The van der Waals surface area contributed by atoms with E-state index >= 15 is 0 Å². The molecule has 8 nitrogen and oxygen atoms in total. The van der Waals surface area contributed by atoms with Crippen LogP contribution in [0.1, 0.15) is 73.2 Å². The van der Waals surface area contributed by atoms with Gasteiger partial charge in [-0.25, -0.2) is 9.59 Å². The highest BCUT2D eigenvalue weighted by atomic mass is 16.5. The highest BCUT2D eigenvalue weighted by molar-refractivity contribution is 6.08. The Morgan fingerprint density at radius 3 is 2.10 bits per heavy atom. The molecule has 0 spiro atoms.